The molecule has 1 aromatic heterocycles. The largest absolute Gasteiger partial charge is 0.290 e. The van der Waals surface area contributed by atoms with Gasteiger partial charge in [0.1, 0.15) is 5.82 Å². The molecule has 0 aliphatic carbocycles. The van der Waals surface area contributed by atoms with Crippen molar-refractivity contribution >= 4 is 17.4 Å². The second-order valence-corrected chi connectivity index (χ2v) is 4.76. The average molecular weight is 285 g/mol. The first-order valence-electron chi connectivity index (χ1n) is 6.49. The van der Waals surface area contributed by atoms with Gasteiger partial charge in [0.05, 0.1) is 4.92 Å². The molecule has 2 aromatic rings. The van der Waals surface area contributed by atoms with E-state index in [9.17, 15) is 14.9 Å². The smallest absolute Gasteiger partial charge is 0.269 e. The van der Waals surface area contributed by atoms with Crippen molar-refractivity contribution in [2.24, 2.45) is 0 Å². The van der Waals surface area contributed by atoms with Crippen LogP contribution >= 0.6 is 0 Å². The molecule has 0 aliphatic rings. The zero-order valence-corrected chi connectivity index (χ0v) is 11.8. The van der Waals surface area contributed by atoms with E-state index in [0.717, 1.165) is 0 Å². The Kier molecular flexibility index (Phi) is 4.27. The minimum atomic E-state index is -0.493. The molecule has 0 aliphatic heterocycles. The maximum atomic E-state index is 12.6. The Hall–Kier alpha value is -2.76. The van der Waals surface area contributed by atoms with Crippen molar-refractivity contribution in [3.63, 3.8) is 0 Å². The summed E-state index contributed by atoms with van der Waals surface area (Å²) in [6.45, 7) is 3.77. The van der Waals surface area contributed by atoms with Crippen molar-refractivity contribution in [3.05, 3.63) is 64.3 Å². The number of nitro groups is 1. The van der Waals surface area contributed by atoms with Gasteiger partial charge in [-0.05, 0) is 38.1 Å². The number of nitro benzene ring substituents is 1. The van der Waals surface area contributed by atoms with Gasteiger partial charge in [-0.3, -0.25) is 19.8 Å². The maximum absolute atomic E-state index is 12.6. The number of hydrogen-bond donors (Lipinski definition) is 0. The number of carbonyl (C=O) groups is 1. The van der Waals surface area contributed by atoms with Gasteiger partial charge in [-0.25, -0.2) is 4.98 Å². The number of hydrogen-bond acceptors (Lipinski definition) is 4. The first-order chi connectivity index (χ1) is 10.0. The molecule has 6 heteroatoms. The molecule has 0 fully saturated rings. The van der Waals surface area contributed by atoms with Crippen molar-refractivity contribution in [2.75, 3.05) is 4.90 Å². The molecular formula is C15H15N3O3. The highest BCUT2D eigenvalue weighted by Crippen LogP contribution is 2.19. The Bertz CT molecular complexity index is 639. The molecule has 0 radical (unpaired) electrons. The summed E-state index contributed by atoms with van der Waals surface area (Å²) in [4.78, 5) is 28.5. The molecule has 1 heterocycles. The fourth-order valence-corrected chi connectivity index (χ4v) is 1.96. The van der Waals surface area contributed by atoms with E-state index in [1.807, 2.05) is 13.8 Å². The summed E-state index contributed by atoms with van der Waals surface area (Å²) in [5.41, 5.74) is 0.348. The summed E-state index contributed by atoms with van der Waals surface area (Å²) in [7, 11) is 0. The average Bonchev–Trinajstić information content (AvgIpc) is 2.48. The van der Waals surface area contributed by atoms with E-state index in [0.29, 0.717) is 11.4 Å². The van der Waals surface area contributed by atoms with Gasteiger partial charge in [-0.2, -0.15) is 0 Å². The maximum Gasteiger partial charge on any atom is 0.269 e. The predicted octanol–water partition coefficient (Wildman–Crippen LogP) is 3.05. The molecule has 0 bridgehead atoms. The van der Waals surface area contributed by atoms with Crippen LogP contribution in [-0.2, 0) is 0 Å². The van der Waals surface area contributed by atoms with E-state index >= 15 is 0 Å². The standard InChI is InChI=1S/C15H15N3O3/c1-11(2)17(14-5-3-4-10-16-14)15(19)12-6-8-13(9-7-12)18(20)21/h3-11H,1-2H3. The van der Waals surface area contributed by atoms with E-state index in [1.165, 1.54) is 24.3 Å². The molecule has 108 valence electrons. The number of non-ortho nitro benzene ring substituents is 1. The Balaban J connectivity index is 2.33. The summed E-state index contributed by atoms with van der Waals surface area (Å²) in [6, 6.07) is 10.8. The third kappa shape index (κ3) is 3.22. The van der Waals surface area contributed by atoms with Crippen LogP contribution in [0.25, 0.3) is 0 Å². The van der Waals surface area contributed by atoms with Crippen LogP contribution in [0.1, 0.15) is 24.2 Å². The lowest BCUT2D eigenvalue weighted by Gasteiger charge is -2.25. The first-order valence-corrected chi connectivity index (χ1v) is 6.49. The number of carbonyl (C=O) groups excluding carboxylic acids is 1. The van der Waals surface area contributed by atoms with Crippen LogP contribution in [0.3, 0.4) is 0 Å². The normalized spacial score (nSPS) is 10.4. The summed E-state index contributed by atoms with van der Waals surface area (Å²) in [5, 5.41) is 10.6. The highest BCUT2D eigenvalue weighted by Gasteiger charge is 2.22. The quantitative estimate of drug-likeness (QED) is 0.639. The molecular weight excluding hydrogens is 270 g/mol. The van der Waals surface area contributed by atoms with Crippen molar-refractivity contribution < 1.29 is 9.72 Å². The third-order valence-electron chi connectivity index (χ3n) is 2.96. The molecule has 0 N–H and O–H groups in total. The predicted molar refractivity (Wildman–Crippen MR) is 79.3 cm³/mol. The van der Waals surface area contributed by atoms with Crippen LogP contribution in [0.2, 0.25) is 0 Å². The lowest BCUT2D eigenvalue weighted by Crippen LogP contribution is -2.37. The molecule has 0 atom stereocenters. The molecule has 21 heavy (non-hydrogen) atoms. The fourth-order valence-electron chi connectivity index (χ4n) is 1.96. The highest BCUT2D eigenvalue weighted by molar-refractivity contribution is 6.06. The minimum Gasteiger partial charge on any atom is -0.290 e. The summed E-state index contributed by atoms with van der Waals surface area (Å²) < 4.78 is 0. The lowest BCUT2D eigenvalue weighted by atomic mass is 10.1. The Morgan fingerprint density at radius 1 is 1.19 bits per heavy atom. The van der Waals surface area contributed by atoms with Crippen molar-refractivity contribution in [2.45, 2.75) is 19.9 Å². The van der Waals surface area contributed by atoms with Gasteiger partial charge in [0, 0.05) is 29.9 Å². The van der Waals surface area contributed by atoms with Crippen LogP contribution in [-0.4, -0.2) is 21.9 Å². The lowest BCUT2D eigenvalue weighted by molar-refractivity contribution is -0.384. The summed E-state index contributed by atoms with van der Waals surface area (Å²) in [5.74, 6) is 0.314. The van der Waals surface area contributed by atoms with Crippen LogP contribution in [0.5, 0.6) is 0 Å². The van der Waals surface area contributed by atoms with Crippen LogP contribution in [0.15, 0.2) is 48.7 Å². The Morgan fingerprint density at radius 3 is 2.33 bits per heavy atom. The molecule has 0 spiro atoms. The summed E-state index contributed by atoms with van der Waals surface area (Å²) in [6.07, 6.45) is 1.62. The number of benzene rings is 1. The molecule has 1 aromatic carbocycles. The Labute approximate surface area is 122 Å². The highest BCUT2D eigenvalue weighted by atomic mass is 16.6. The molecule has 2 rings (SSSR count). The van der Waals surface area contributed by atoms with Gasteiger partial charge >= 0.3 is 0 Å². The van der Waals surface area contributed by atoms with Crippen molar-refractivity contribution in [1.29, 1.82) is 0 Å². The van der Waals surface area contributed by atoms with Gasteiger partial charge in [-0.15, -0.1) is 0 Å². The van der Waals surface area contributed by atoms with Gasteiger partial charge in [0.15, 0.2) is 0 Å². The number of amides is 1. The summed E-state index contributed by atoms with van der Waals surface area (Å²) >= 11 is 0. The molecule has 6 nitrogen and oxygen atoms in total. The zero-order chi connectivity index (χ0) is 15.4. The van der Waals surface area contributed by atoms with Crippen LogP contribution < -0.4 is 4.90 Å². The fraction of sp³-hybridized carbons (Fsp3) is 0.200. The zero-order valence-electron chi connectivity index (χ0n) is 11.8. The first kappa shape index (κ1) is 14.6. The van der Waals surface area contributed by atoms with Gasteiger partial charge in [0.25, 0.3) is 11.6 Å². The van der Waals surface area contributed by atoms with Gasteiger partial charge in [-0.1, -0.05) is 6.07 Å². The third-order valence-corrected chi connectivity index (χ3v) is 2.96. The second kappa shape index (κ2) is 6.13. The monoisotopic (exact) mass is 285 g/mol. The van der Waals surface area contributed by atoms with E-state index in [-0.39, 0.29) is 17.6 Å². The Morgan fingerprint density at radius 2 is 1.86 bits per heavy atom. The number of nitrogens with zero attached hydrogens (tertiary/aromatic N) is 3. The van der Waals surface area contributed by atoms with Gasteiger partial charge in [0.2, 0.25) is 0 Å². The molecule has 1 amide bonds. The van der Waals surface area contributed by atoms with Crippen LogP contribution in [0, 0.1) is 10.1 Å². The molecule has 0 saturated heterocycles. The van der Waals surface area contributed by atoms with Crippen molar-refractivity contribution in [1.82, 2.24) is 4.98 Å². The minimum absolute atomic E-state index is 0.0412. The number of pyridine rings is 1. The van der Waals surface area contributed by atoms with E-state index in [2.05, 4.69) is 4.98 Å². The van der Waals surface area contributed by atoms with Crippen LogP contribution in [0.4, 0.5) is 11.5 Å². The van der Waals surface area contributed by atoms with E-state index < -0.39 is 4.92 Å². The van der Waals surface area contributed by atoms with E-state index in [1.54, 1.807) is 29.3 Å². The number of aromatic nitrogens is 1. The second-order valence-electron chi connectivity index (χ2n) is 4.76. The molecule has 0 saturated carbocycles. The molecule has 0 unspecified atom stereocenters. The van der Waals surface area contributed by atoms with Gasteiger partial charge < -0.3 is 0 Å². The van der Waals surface area contributed by atoms with E-state index in [4.69, 9.17) is 0 Å². The van der Waals surface area contributed by atoms with Crippen molar-refractivity contribution in [3.8, 4) is 0 Å². The number of anilines is 1. The SMILES string of the molecule is CC(C)N(C(=O)c1ccc([N+](=O)[O-])cc1)c1ccccn1. The number of rotatable bonds is 4. The topological polar surface area (TPSA) is 76.3 Å².